The monoisotopic (exact) mass is 281 g/mol. The fourth-order valence-corrected chi connectivity index (χ4v) is 3.32. The van der Waals surface area contributed by atoms with Crippen LogP contribution in [0.15, 0.2) is 0 Å². The van der Waals surface area contributed by atoms with Crippen molar-refractivity contribution in [2.24, 2.45) is 16.7 Å². The van der Waals surface area contributed by atoms with Gasteiger partial charge in [-0.3, -0.25) is 9.59 Å². The smallest absolute Gasteiger partial charge is 0.310 e. The summed E-state index contributed by atoms with van der Waals surface area (Å²) in [5.74, 6) is -0.129. The van der Waals surface area contributed by atoms with Crippen molar-refractivity contribution >= 4 is 11.9 Å². The largest absolute Gasteiger partial charge is 0.481 e. The predicted molar refractivity (Wildman–Crippen MR) is 77.3 cm³/mol. The Bertz CT molecular complexity index is 391. The molecule has 1 aliphatic heterocycles. The maximum Gasteiger partial charge on any atom is 0.310 e. The molecule has 0 aromatic carbocycles. The first-order valence-corrected chi connectivity index (χ1v) is 7.80. The highest BCUT2D eigenvalue weighted by Crippen LogP contribution is 2.45. The van der Waals surface area contributed by atoms with E-state index < -0.39 is 11.4 Å². The molecule has 0 spiro atoms. The molecule has 0 aromatic heterocycles. The highest BCUT2D eigenvalue weighted by molar-refractivity contribution is 5.85. The molecule has 1 aliphatic carbocycles. The maximum absolute atomic E-state index is 12.4. The molecule has 2 fully saturated rings. The van der Waals surface area contributed by atoms with E-state index in [9.17, 15) is 14.7 Å². The molecule has 0 bridgehead atoms. The van der Waals surface area contributed by atoms with E-state index >= 15 is 0 Å². The zero-order valence-corrected chi connectivity index (χ0v) is 12.9. The van der Waals surface area contributed by atoms with Gasteiger partial charge in [0.2, 0.25) is 5.91 Å². The second kappa shape index (κ2) is 5.38. The van der Waals surface area contributed by atoms with Gasteiger partial charge in [0.05, 0.1) is 5.41 Å². The summed E-state index contributed by atoms with van der Waals surface area (Å²) in [5, 5.41) is 9.32. The fraction of sp³-hybridized carbons (Fsp3) is 0.875. The second-order valence-electron chi connectivity index (χ2n) is 7.31. The normalized spacial score (nSPS) is 24.3. The van der Waals surface area contributed by atoms with Crippen LogP contribution in [0.3, 0.4) is 0 Å². The van der Waals surface area contributed by atoms with Crippen LogP contribution in [0.2, 0.25) is 0 Å². The predicted octanol–water partition coefficient (Wildman–Crippen LogP) is 2.92. The first-order chi connectivity index (χ1) is 9.29. The highest BCUT2D eigenvalue weighted by Gasteiger charge is 2.47. The number of hydrogen-bond acceptors (Lipinski definition) is 2. The van der Waals surface area contributed by atoms with Gasteiger partial charge in [-0.2, -0.15) is 0 Å². The van der Waals surface area contributed by atoms with Gasteiger partial charge in [0.1, 0.15) is 0 Å². The van der Waals surface area contributed by atoms with E-state index in [0.29, 0.717) is 24.2 Å². The number of aliphatic carboxylic acids is 1. The number of hydrogen-bond donors (Lipinski definition) is 1. The summed E-state index contributed by atoms with van der Waals surface area (Å²) in [6, 6.07) is 0. The molecule has 1 saturated heterocycles. The Kier molecular flexibility index (Phi) is 4.12. The van der Waals surface area contributed by atoms with Crippen LogP contribution in [0, 0.1) is 16.7 Å². The van der Waals surface area contributed by atoms with Gasteiger partial charge >= 0.3 is 5.97 Å². The van der Waals surface area contributed by atoms with Crippen LogP contribution in [-0.2, 0) is 9.59 Å². The number of carbonyl (C=O) groups is 2. The van der Waals surface area contributed by atoms with Crippen LogP contribution < -0.4 is 0 Å². The molecule has 114 valence electrons. The van der Waals surface area contributed by atoms with Gasteiger partial charge in [-0.15, -0.1) is 0 Å². The van der Waals surface area contributed by atoms with E-state index in [1.807, 2.05) is 4.90 Å². The van der Waals surface area contributed by atoms with Crippen LogP contribution in [0.25, 0.3) is 0 Å². The van der Waals surface area contributed by atoms with Crippen molar-refractivity contribution < 1.29 is 14.7 Å². The Hall–Kier alpha value is -1.06. The lowest BCUT2D eigenvalue weighted by Crippen LogP contribution is -2.48. The number of piperidine rings is 1. The third kappa shape index (κ3) is 2.70. The molecule has 1 amide bonds. The third-order valence-electron chi connectivity index (χ3n) is 5.91. The van der Waals surface area contributed by atoms with Gasteiger partial charge < -0.3 is 10.0 Å². The van der Waals surface area contributed by atoms with Crippen LogP contribution in [0.1, 0.15) is 59.3 Å². The van der Waals surface area contributed by atoms with Crippen molar-refractivity contribution in [3.05, 3.63) is 0 Å². The first kappa shape index (κ1) is 15.3. The summed E-state index contributed by atoms with van der Waals surface area (Å²) in [6.45, 7) is 8.34. The minimum absolute atomic E-state index is 0.0397. The molecule has 4 heteroatoms. The molecule has 2 aliphatic rings. The molecule has 0 atom stereocenters. The van der Waals surface area contributed by atoms with E-state index in [4.69, 9.17) is 0 Å². The minimum Gasteiger partial charge on any atom is -0.481 e. The third-order valence-corrected chi connectivity index (χ3v) is 5.91. The van der Waals surface area contributed by atoms with Crippen LogP contribution >= 0.6 is 0 Å². The number of likely N-dealkylation sites (tertiary alicyclic amines) is 1. The van der Waals surface area contributed by atoms with Gasteiger partial charge in [0.15, 0.2) is 0 Å². The summed E-state index contributed by atoms with van der Waals surface area (Å²) in [7, 11) is 0. The summed E-state index contributed by atoms with van der Waals surface area (Å²) in [4.78, 5) is 25.6. The summed E-state index contributed by atoms with van der Waals surface area (Å²) >= 11 is 0. The van der Waals surface area contributed by atoms with Gasteiger partial charge in [0.25, 0.3) is 0 Å². The number of rotatable bonds is 4. The molecular formula is C16H27NO3. The average molecular weight is 281 g/mol. The Morgan fingerprint density at radius 2 is 1.70 bits per heavy atom. The van der Waals surface area contributed by atoms with E-state index in [2.05, 4.69) is 20.8 Å². The molecule has 0 radical (unpaired) electrons. The highest BCUT2D eigenvalue weighted by atomic mass is 16.4. The Labute approximate surface area is 121 Å². The Morgan fingerprint density at radius 1 is 1.15 bits per heavy atom. The van der Waals surface area contributed by atoms with Gasteiger partial charge in [-0.1, -0.05) is 27.2 Å². The molecule has 0 aromatic rings. The molecule has 1 heterocycles. The van der Waals surface area contributed by atoms with Crippen molar-refractivity contribution in [2.45, 2.75) is 59.3 Å². The van der Waals surface area contributed by atoms with Crippen LogP contribution in [0.4, 0.5) is 0 Å². The van der Waals surface area contributed by atoms with E-state index in [-0.39, 0.29) is 12.3 Å². The van der Waals surface area contributed by atoms with E-state index in [1.54, 1.807) is 0 Å². The molecule has 4 nitrogen and oxygen atoms in total. The second-order valence-corrected chi connectivity index (χ2v) is 7.31. The number of carboxylic acids is 1. The molecular weight excluding hydrogens is 254 g/mol. The SMILES string of the molecule is CC(C)C1(C)CCN(C(=O)CC2(C(=O)O)CCC2)CC1. The van der Waals surface area contributed by atoms with Crippen molar-refractivity contribution in [1.82, 2.24) is 4.90 Å². The van der Waals surface area contributed by atoms with E-state index in [0.717, 1.165) is 32.4 Å². The van der Waals surface area contributed by atoms with Gasteiger partial charge in [0, 0.05) is 19.5 Å². The molecule has 20 heavy (non-hydrogen) atoms. The van der Waals surface area contributed by atoms with Crippen LogP contribution in [-0.4, -0.2) is 35.0 Å². The quantitative estimate of drug-likeness (QED) is 0.862. The van der Waals surface area contributed by atoms with Crippen molar-refractivity contribution in [2.75, 3.05) is 13.1 Å². The zero-order valence-electron chi connectivity index (χ0n) is 12.9. The number of carboxylic acid groups (broad SMARTS) is 1. The lowest BCUT2D eigenvalue weighted by molar-refractivity contribution is -0.160. The zero-order chi connectivity index (χ0) is 15.0. The van der Waals surface area contributed by atoms with Gasteiger partial charge in [-0.05, 0) is 37.0 Å². The lowest BCUT2D eigenvalue weighted by Gasteiger charge is -2.44. The Balaban J connectivity index is 1.91. The van der Waals surface area contributed by atoms with Crippen molar-refractivity contribution in [3.63, 3.8) is 0 Å². The summed E-state index contributed by atoms with van der Waals surface area (Å²) in [5.41, 5.74) is -0.437. The van der Waals surface area contributed by atoms with Gasteiger partial charge in [-0.25, -0.2) is 0 Å². The standard InChI is InChI=1S/C16H27NO3/c1-12(2)15(3)7-9-17(10-8-15)13(18)11-16(14(19)20)5-4-6-16/h12H,4-11H2,1-3H3,(H,19,20). The summed E-state index contributed by atoms with van der Waals surface area (Å²) < 4.78 is 0. The van der Waals surface area contributed by atoms with Crippen molar-refractivity contribution in [1.29, 1.82) is 0 Å². The number of amides is 1. The maximum atomic E-state index is 12.4. The Morgan fingerprint density at radius 3 is 2.05 bits per heavy atom. The topological polar surface area (TPSA) is 57.6 Å². The molecule has 1 saturated carbocycles. The fourth-order valence-electron chi connectivity index (χ4n) is 3.32. The lowest BCUT2D eigenvalue weighted by atomic mass is 9.66. The van der Waals surface area contributed by atoms with E-state index in [1.165, 1.54) is 0 Å². The molecule has 1 N–H and O–H groups in total. The molecule has 0 unspecified atom stereocenters. The number of nitrogens with zero attached hydrogens (tertiary/aromatic N) is 1. The first-order valence-electron chi connectivity index (χ1n) is 7.80. The average Bonchev–Trinajstić information content (AvgIpc) is 2.33. The molecule has 2 rings (SSSR count). The minimum atomic E-state index is -0.791. The van der Waals surface area contributed by atoms with Crippen molar-refractivity contribution in [3.8, 4) is 0 Å². The van der Waals surface area contributed by atoms with Crippen LogP contribution in [0.5, 0.6) is 0 Å². The number of carbonyl (C=O) groups excluding carboxylic acids is 1. The summed E-state index contributed by atoms with van der Waals surface area (Å²) in [6.07, 6.45) is 4.50.